The number of hydrogen-bond acceptors (Lipinski definition) is 3. The Balaban J connectivity index is 0.000000671. The van der Waals surface area contributed by atoms with Gasteiger partial charge in [0.25, 0.3) is 0 Å². The van der Waals surface area contributed by atoms with Gasteiger partial charge in [0, 0.05) is 6.21 Å². The molecule has 0 amide bonds. The first-order valence-corrected chi connectivity index (χ1v) is 5.18. The minimum absolute atomic E-state index is 0.880. The molecule has 1 heterocycles. The summed E-state index contributed by atoms with van der Waals surface area (Å²) in [7, 11) is 0. The quantitative estimate of drug-likeness (QED) is 0.660. The SMILES string of the molecule is C=Cc1nc(C)sc1/N=C\C.CC. The first-order valence-electron chi connectivity index (χ1n) is 4.36. The van der Waals surface area contributed by atoms with E-state index >= 15 is 0 Å². The van der Waals surface area contributed by atoms with Crippen molar-refractivity contribution < 1.29 is 0 Å². The fraction of sp³-hybridized carbons (Fsp3) is 0.400. The van der Waals surface area contributed by atoms with Gasteiger partial charge in [-0.05, 0) is 19.9 Å². The first kappa shape index (κ1) is 12.0. The number of rotatable bonds is 2. The van der Waals surface area contributed by atoms with E-state index in [1.165, 1.54) is 0 Å². The molecule has 0 aliphatic heterocycles. The van der Waals surface area contributed by atoms with Crippen LogP contribution >= 0.6 is 11.3 Å². The highest BCUT2D eigenvalue weighted by Gasteiger charge is 2.02. The van der Waals surface area contributed by atoms with Crippen molar-refractivity contribution in [3.05, 3.63) is 17.3 Å². The Morgan fingerprint density at radius 1 is 1.46 bits per heavy atom. The second kappa shape index (κ2) is 6.54. The van der Waals surface area contributed by atoms with Crippen molar-refractivity contribution in [3.63, 3.8) is 0 Å². The molecule has 0 aliphatic rings. The molecule has 1 rings (SSSR count). The molecule has 0 bridgehead atoms. The van der Waals surface area contributed by atoms with Gasteiger partial charge in [0.05, 0.1) is 10.7 Å². The van der Waals surface area contributed by atoms with Crippen LogP contribution in [0.4, 0.5) is 5.00 Å². The van der Waals surface area contributed by atoms with Gasteiger partial charge >= 0.3 is 0 Å². The number of aromatic nitrogens is 1. The van der Waals surface area contributed by atoms with Crippen LogP contribution in [0.1, 0.15) is 31.5 Å². The summed E-state index contributed by atoms with van der Waals surface area (Å²) < 4.78 is 0. The summed E-state index contributed by atoms with van der Waals surface area (Å²) >= 11 is 1.58. The molecule has 0 fully saturated rings. The molecule has 0 saturated heterocycles. The van der Waals surface area contributed by atoms with Crippen LogP contribution in [0.2, 0.25) is 0 Å². The van der Waals surface area contributed by atoms with Crippen molar-refractivity contribution >= 4 is 28.6 Å². The van der Waals surface area contributed by atoms with E-state index < -0.39 is 0 Å². The predicted molar refractivity (Wildman–Crippen MR) is 62.1 cm³/mol. The molecule has 0 N–H and O–H groups in total. The molecule has 0 spiro atoms. The van der Waals surface area contributed by atoms with Gasteiger partial charge in [0.1, 0.15) is 5.00 Å². The maximum atomic E-state index is 4.23. The van der Waals surface area contributed by atoms with Crippen LogP contribution in [0.25, 0.3) is 6.08 Å². The third-order valence-electron chi connectivity index (χ3n) is 1.18. The lowest BCUT2D eigenvalue weighted by Gasteiger charge is -1.84. The third kappa shape index (κ3) is 3.51. The highest BCUT2D eigenvalue weighted by Crippen LogP contribution is 2.27. The van der Waals surface area contributed by atoms with Gasteiger partial charge < -0.3 is 0 Å². The average Bonchev–Trinajstić information content (AvgIpc) is 2.50. The molecule has 3 heteroatoms. The van der Waals surface area contributed by atoms with Crippen LogP contribution in [0.5, 0.6) is 0 Å². The van der Waals surface area contributed by atoms with Crippen LogP contribution in [0.3, 0.4) is 0 Å². The first-order chi connectivity index (χ1) is 6.27. The maximum absolute atomic E-state index is 4.23. The molecule has 0 atom stereocenters. The Kier molecular flexibility index (Phi) is 6.06. The zero-order chi connectivity index (χ0) is 10.3. The Hall–Kier alpha value is -0.960. The molecular formula is C10H16N2S. The summed E-state index contributed by atoms with van der Waals surface area (Å²) in [6.45, 7) is 11.5. The monoisotopic (exact) mass is 196 g/mol. The van der Waals surface area contributed by atoms with E-state index in [0.717, 1.165) is 15.7 Å². The summed E-state index contributed by atoms with van der Waals surface area (Å²) in [6, 6.07) is 0. The predicted octanol–water partition coefficient (Wildman–Crippen LogP) is 3.84. The molecule has 1 aromatic rings. The van der Waals surface area contributed by atoms with E-state index in [1.54, 1.807) is 23.6 Å². The average molecular weight is 196 g/mol. The van der Waals surface area contributed by atoms with Crippen molar-refractivity contribution in [1.29, 1.82) is 0 Å². The van der Waals surface area contributed by atoms with E-state index in [1.807, 2.05) is 27.7 Å². The normalized spacial score (nSPS) is 9.54. The molecule has 0 unspecified atom stereocenters. The van der Waals surface area contributed by atoms with Gasteiger partial charge in [-0.3, -0.25) is 0 Å². The van der Waals surface area contributed by atoms with Crippen LogP contribution in [-0.4, -0.2) is 11.2 Å². The van der Waals surface area contributed by atoms with E-state index in [-0.39, 0.29) is 0 Å². The number of nitrogens with zero attached hydrogens (tertiary/aromatic N) is 2. The van der Waals surface area contributed by atoms with Crippen LogP contribution < -0.4 is 0 Å². The highest BCUT2D eigenvalue weighted by molar-refractivity contribution is 7.15. The Bertz CT molecular complexity index is 287. The minimum atomic E-state index is 0.880. The fourth-order valence-corrected chi connectivity index (χ4v) is 1.59. The molecule has 2 nitrogen and oxygen atoms in total. The third-order valence-corrected chi connectivity index (χ3v) is 2.08. The van der Waals surface area contributed by atoms with Gasteiger partial charge in [0.2, 0.25) is 0 Å². The lowest BCUT2D eigenvalue weighted by atomic mass is 10.4. The molecular weight excluding hydrogens is 180 g/mol. The number of aliphatic imine (C=N–C) groups is 1. The van der Waals surface area contributed by atoms with E-state index in [9.17, 15) is 0 Å². The van der Waals surface area contributed by atoms with Gasteiger partial charge in [-0.15, -0.1) is 0 Å². The summed E-state index contributed by atoms with van der Waals surface area (Å²) in [4.78, 5) is 8.39. The number of hydrogen-bond donors (Lipinski definition) is 0. The zero-order valence-corrected chi connectivity index (χ0v) is 9.48. The van der Waals surface area contributed by atoms with Crippen molar-refractivity contribution in [2.24, 2.45) is 4.99 Å². The molecule has 72 valence electrons. The summed E-state index contributed by atoms with van der Waals surface area (Å²) in [5, 5.41) is 1.97. The Labute approximate surface area is 84.1 Å². The number of thiazole rings is 1. The van der Waals surface area contributed by atoms with Crippen molar-refractivity contribution in [2.45, 2.75) is 27.7 Å². The van der Waals surface area contributed by atoms with Crippen molar-refractivity contribution in [2.75, 3.05) is 0 Å². The fourth-order valence-electron chi connectivity index (χ4n) is 0.775. The van der Waals surface area contributed by atoms with Gasteiger partial charge in [0.15, 0.2) is 0 Å². The van der Waals surface area contributed by atoms with Crippen LogP contribution in [0, 0.1) is 6.92 Å². The number of aryl methyl sites for hydroxylation is 1. The maximum Gasteiger partial charge on any atom is 0.142 e. The van der Waals surface area contributed by atoms with Crippen molar-refractivity contribution in [1.82, 2.24) is 4.98 Å². The van der Waals surface area contributed by atoms with Gasteiger partial charge in [-0.1, -0.05) is 31.8 Å². The Morgan fingerprint density at radius 2 is 2.08 bits per heavy atom. The molecule has 0 aliphatic carbocycles. The summed E-state index contributed by atoms with van der Waals surface area (Å²) in [5.74, 6) is 0. The lowest BCUT2D eigenvalue weighted by molar-refractivity contribution is 1.27. The lowest BCUT2D eigenvalue weighted by Crippen LogP contribution is -1.70. The standard InChI is InChI=1S/C8H10N2S.C2H6/c1-4-7-8(9-5-2)11-6(3)10-7;1-2/h4-5H,1H2,2-3H3;1-2H3/b9-5-;. The zero-order valence-electron chi connectivity index (χ0n) is 8.66. The van der Waals surface area contributed by atoms with Crippen LogP contribution in [0.15, 0.2) is 11.6 Å². The Morgan fingerprint density at radius 3 is 2.54 bits per heavy atom. The second-order valence-corrected chi connectivity index (χ2v) is 3.20. The van der Waals surface area contributed by atoms with Crippen molar-refractivity contribution in [3.8, 4) is 0 Å². The smallest absolute Gasteiger partial charge is 0.142 e. The van der Waals surface area contributed by atoms with Crippen LogP contribution in [-0.2, 0) is 0 Å². The van der Waals surface area contributed by atoms with Gasteiger partial charge in [-0.25, -0.2) is 9.98 Å². The topological polar surface area (TPSA) is 25.2 Å². The van der Waals surface area contributed by atoms with Gasteiger partial charge in [-0.2, -0.15) is 0 Å². The molecule has 0 radical (unpaired) electrons. The van der Waals surface area contributed by atoms with E-state index in [2.05, 4.69) is 16.6 Å². The van der Waals surface area contributed by atoms with E-state index in [4.69, 9.17) is 0 Å². The molecule has 1 aromatic heterocycles. The highest BCUT2D eigenvalue weighted by atomic mass is 32.1. The molecule has 0 saturated carbocycles. The largest absolute Gasteiger partial charge is 0.248 e. The molecule has 0 aromatic carbocycles. The van der Waals surface area contributed by atoms with E-state index in [0.29, 0.717) is 0 Å². The second-order valence-electron chi connectivity index (χ2n) is 2.01. The molecule has 13 heavy (non-hydrogen) atoms. The summed E-state index contributed by atoms with van der Waals surface area (Å²) in [5.41, 5.74) is 0.880. The minimum Gasteiger partial charge on any atom is -0.248 e. The summed E-state index contributed by atoms with van der Waals surface area (Å²) in [6.07, 6.45) is 3.49.